The van der Waals surface area contributed by atoms with Gasteiger partial charge in [0.05, 0.1) is 23.8 Å². The highest BCUT2D eigenvalue weighted by Crippen LogP contribution is 2.13. The molecular formula is C16H22N4. The minimum Gasteiger partial charge on any atom is -0.372 e. The Labute approximate surface area is 121 Å². The van der Waals surface area contributed by atoms with Crippen molar-refractivity contribution in [2.75, 3.05) is 37.0 Å². The van der Waals surface area contributed by atoms with Crippen molar-refractivity contribution in [2.45, 2.75) is 13.8 Å². The highest BCUT2D eigenvalue weighted by molar-refractivity contribution is 5.46. The standard InChI is InChI=1S/C16H22N4/c1-13-5-7-15(11-17-13)19(3)9-10-20(4)16-8-6-14(2)18-12-16/h5-8,11-12H,9-10H2,1-4H3. The predicted molar refractivity (Wildman–Crippen MR) is 84.5 cm³/mol. The first-order valence-electron chi connectivity index (χ1n) is 6.84. The average molecular weight is 270 g/mol. The topological polar surface area (TPSA) is 32.3 Å². The average Bonchev–Trinajstić information content (AvgIpc) is 2.46. The zero-order valence-corrected chi connectivity index (χ0v) is 12.7. The van der Waals surface area contributed by atoms with Crippen molar-refractivity contribution in [3.63, 3.8) is 0 Å². The summed E-state index contributed by atoms with van der Waals surface area (Å²) in [5.74, 6) is 0. The van der Waals surface area contributed by atoms with Gasteiger partial charge in [-0.25, -0.2) is 0 Å². The zero-order chi connectivity index (χ0) is 14.5. The fourth-order valence-electron chi connectivity index (χ4n) is 1.93. The number of aromatic nitrogens is 2. The van der Waals surface area contributed by atoms with E-state index in [0.29, 0.717) is 0 Å². The summed E-state index contributed by atoms with van der Waals surface area (Å²) in [6.45, 7) is 5.88. The second-order valence-corrected chi connectivity index (χ2v) is 5.16. The molecule has 0 saturated carbocycles. The lowest BCUT2D eigenvalue weighted by molar-refractivity contribution is 0.828. The molecule has 0 atom stereocenters. The lowest BCUT2D eigenvalue weighted by Crippen LogP contribution is -2.30. The van der Waals surface area contributed by atoms with Crippen LogP contribution in [0.1, 0.15) is 11.4 Å². The van der Waals surface area contributed by atoms with E-state index >= 15 is 0 Å². The highest BCUT2D eigenvalue weighted by Gasteiger charge is 2.05. The van der Waals surface area contributed by atoms with Crippen molar-refractivity contribution in [3.05, 3.63) is 48.0 Å². The molecule has 0 saturated heterocycles. The molecule has 0 aliphatic carbocycles. The third-order valence-electron chi connectivity index (χ3n) is 3.44. The number of likely N-dealkylation sites (N-methyl/N-ethyl adjacent to an activating group) is 2. The smallest absolute Gasteiger partial charge is 0.0550 e. The van der Waals surface area contributed by atoms with Crippen molar-refractivity contribution in [2.24, 2.45) is 0 Å². The number of hydrogen-bond acceptors (Lipinski definition) is 4. The van der Waals surface area contributed by atoms with E-state index in [1.165, 1.54) is 0 Å². The van der Waals surface area contributed by atoms with Gasteiger partial charge in [-0.05, 0) is 38.1 Å². The van der Waals surface area contributed by atoms with Crippen molar-refractivity contribution in [3.8, 4) is 0 Å². The van der Waals surface area contributed by atoms with Crippen molar-refractivity contribution in [1.82, 2.24) is 9.97 Å². The van der Waals surface area contributed by atoms with Gasteiger partial charge >= 0.3 is 0 Å². The fourth-order valence-corrected chi connectivity index (χ4v) is 1.93. The van der Waals surface area contributed by atoms with Crippen LogP contribution in [0.25, 0.3) is 0 Å². The summed E-state index contributed by atoms with van der Waals surface area (Å²) >= 11 is 0. The molecule has 4 heteroatoms. The van der Waals surface area contributed by atoms with Crippen LogP contribution < -0.4 is 9.80 Å². The Morgan fingerprint density at radius 2 is 1.15 bits per heavy atom. The van der Waals surface area contributed by atoms with Gasteiger partial charge in [-0.15, -0.1) is 0 Å². The summed E-state index contributed by atoms with van der Waals surface area (Å²) < 4.78 is 0. The van der Waals surface area contributed by atoms with Crippen LogP contribution in [-0.4, -0.2) is 37.2 Å². The van der Waals surface area contributed by atoms with Gasteiger partial charge in [-0.3, -0.25) is 9.97 Å². The second kappa shape index (κ2) is 6.37. The third-order valence-corrected chi connectivity index (χ3v) is 3.44. The number of pyridine rings is 2. The van der Waals surface area contributed by atoms with Gasteiger partial charge in [0.15, 0.2) is 0 Å². The lowest BCUT2D eigenvalue weighted by Gasteiger charge is -2.24. The molecule has 0 aromatic carbocycles. The highest BCUT2D eigenvalue weighted by atomic mass is 15.2. The molecule has 0 radical (unpaired) electrons. The normalized spacial score (nSPS) is 10.4. The van der Waals surface area contributed by atoms with Crippen LogP contribution in [0.2, 0.25) is 0 Å². The van der Waals surface area contributed by atoms with Gasteiger partial charge in [0.25, 0.3) is 0 Å². The fraction of sp³-hybridized carbons (Fsp3) is 0.375. The maximum Gasteiger partial charge on any atom is 0.0550 e. The maximum atomic E-state index is 4.33. The molecule has 2 aromatic rings. The molecule has 0 spiro atoms. The van der Waals surface area contributed by atoms with Crippen LogP contribution in [0.15, 0.2) is 36.7 Å². The van der Waals surface area contributed by atoms with Crippen LogP contribution in [0.5, 0.6) is 0 Å². The molecule has 0 bridgehead atoms. The Balaban J connectivity index is 1.91. The number of rotatable bonds is 5. The Kier molecular flexibility index (Phi) is 4.56. The third kappa shape index (κ3) is 3.70. The molecule has 0 unspecified atom stereocenters. The first-order valence-corrected chi connectivity index (χ1v) is 6.84. The van der Waals surface area contributed by atoms with Crippen molar-refractivity contribution >= 4 is 11.4 Å². The SMILES string of the molecule is Cc1ccc(N(C)CCN(C)c2ccc(C)nc2)cn1. The molecule has 2 rings (SSSR count). The first-order chi connectivity index (χ1) is 9.56. The molecule has 0 fully saturated rings. The van der Waals surface area contributed by atoms with E-state index in [0.717, 1.165) is 35.9 Å². The number of hydrogen-bond donors (Lipinski definition) is 0. The van der Waals surface area contributed by atoms with Gasteiger partial charge in [-0.2, -0.15) is 0 Å². The molecule has 2 heterocycles. The minimum absolute atomic E-state index is 0.940. The van der Waals surface area contributed by atoms with E-state index < -0.39 is 0 Å². The van der Waals surface area contributed by atoms with E-state index in [-0.39, 0.29) is 0 Å². The van der Waals surface area contributed by atoms with E-state index in [1.807, 2.05) is 38.4 Å². The number of anilines is 2. The van der Waals surface area contributed by atoms with E-state index in [2.05, 4.69) is 46.0 Å². The predicted octanol–water partition coefficient (Wildman–Crippen LogP) is 2.67. The van der Waals surface area contributed by atoms with Gasteiger partial charge < -0.3 is 9.80 Å². The van der Waals surface area contributed by atoms with Crippen LogP contribution in [0, 0.1) is 13.8 Å². The molecule has 2 aromatic heterocycles. The summed E-state index contributed by atoms with van der Waals surface area (Å²) in [6, 6.07) is 8.30. The lowest BCUT2D eigenvalue weighted by atomic mass is 10.3. The number of aryl methyl sites for hydroxylation is 2. The van der Waals surface area contributed by atoms with Gasteiger partial charge in [0, 0.05) is 38.6 Å². The minimum atomic E-state index is 0.940. The molecule has 20 heavy (non-hydrogen) atoms. The molecular weight excluding hydrogens is 248 g/mol. The largest absolute Gasteiger partial charge is 0.372 e. The monoisotopic (exact) mass is 270 g/mol. The number of nitrogens with zero attached hydrogens (tertiary/aromatic N) is 4. The Morgan fingerprint density at radius 1 is 0.750 bits per heavy atom. The quantitative estimate of drug-likeness (QED) is 0.836. The van der Waals surface area contributed by atoms with Crippen LogP contribution >= 0.6 is 0 Å². The molecule has 4 nitrogen and oxygen atoms in total. The Hall–Kier alpha value is -2.10. The van der Waals surface area contributed by atoms with Gasteiger partial charge in [0.2, 0.25) is 0 Å². The Bertz CT molecular complexity index is 482. The van der Waals surface area contributed by atoms with E-state index in [9.17, 15) is 0 Å². The van der Waals surface area contributed by atoms with Gasteiger partial charge in [0.1, 0.15) is 0 Å². The molecule has 0 aliphatic rings. The summed E-state index contributed by atoms with van der Waals surface area (Å²) in [5, 5.41) is 0. The summed E-state index contributed by atoms with van der Waals surface area (Å²) in [6.07, 6.45) is 3.84. The van der Waals surface area contributed by atoms with Crippen LogP contribution in [0.3, 0.4) is 0 Å². The van der Waals surface area contributed by atoms with Crippen molar-refractivity contribution < 1.29 is 0 Å². The Morgan fingerprint density at radius 3 is 1.45 bits per heavy atom. The molecule has 0 amide bonds. The summed E-state index contributed by atoms with van der Waals surface area (Å²) in [4.78, 5) is 13.1. The summed E-state index contributed by atoms with van der Waals surface area (Å²) in [5.41, 5.74) is 4.38. The maximum absolute atomic E-state index is 4.33. The van der Waals surface area contributed by atoms with E-state index in [4.69, 9.17) is 0 Å². The molecule has 0 aliphatic heterocycles. The first kappa shape index (κ1) is 14.3. The summed E-state index contributed by atoms with van der Waals surface area (Å²) in [7, 11) is 4.18. The van der Waals surface area contributed by atoms with E-state index in [1.54, 1.807) is 0 Å². The van der Waals surface area contributed by atoms with Crippen LogP contribution in [0.4, 0.5) is 11.4 Å². The molecule has 106 valence electrons. The van der Waals surface area contributed by atoms with Crippen LogP contribution in [-0.2, 0) is 0 Å². The van der Waals surface area contributed by atoms with Gasteiger partial charge in [-0.1, -0.05) is 0 Å². The second-order valence-electron chi connectivity index (χ2n) is 5.16. The zero-order valence-electron chi connectivity index (χ0n) is 12.7. The molecule has 0 N–H and O–H groups in total. The van der Waals surface area contributed by atoms with Crippen molar-refractivity contribution in [1.29, 1.82) is 0 Å².